The molecule has 0 amide bonds. The Hall–Kier alpha value is -0.0800. The third-order valence-electron chi connectivity index (χ3n) is 2.94. The van der Waals surface area contributed by atoms with Crippen LogP contribution in [0.2, 0.25) is 0 Å². The average Bonchev–Trinajstić information content (AvgIpc) is 2.15. The van der Waals surface area contributed by atoms with Crippen molar-refractivity contribution in [2.45, 2.75) is 59.4 Å². The molecule has 0 bridgehead atoms. The smallest absolute Gasteiger partial charge is 0.00965 e. The molecule has 0 spiro atoms. The molecule has 0 aromatic heterocycles. The average molecular weight is 228 g/mol. The third kappa shape index (κ3) is 10.4. The fourth-order valence-electron chi connectivity index (χ4n) is 1.72. The number of hydrogen-bond acceptors (Lipinski definition) is 2. The third-order valence-corrected chi connectivity index (χ3v) is 2.94. The minimum absolute atomic E-state index is 0.266. The second kappa shape index (κ2) is 8.08. The fourth-order valence-corrected chi connectivity index (χ4v) is 1.72. The van der Waals surface area contributed by atoms with Crippen molar-refractivity contribution in [2.24, 2.45) is 5.92 Å². The number of nitrogens with zero attached hydrogens (tertiary/aromatic N) is 1. The summed E-state index contributed by atoms with van der Waals surface area (Å²) in [6.07, 6.45) is 3.87. The fraction of sp³-hybridized carbons (Fsp3) is 1.00. The van der Waals surface area contributed by atoms with Crippen LogP contribution in [0.1, 0.15) is 53.9 Å². The van der Waals surface area contributed by atoms with Gasteiger partial charge in [-0.05, 0) is 59.7 Å². The highest BCUT2D eigenvalue weighted by molar-refractivity contribution is 4.69. The Labute approximate surface area is 103 Å². The van der Waals surface area contributed by atoms with Crippen LogP contribution in [-0.4, -0.2) is 37.1 Å². The summed E-state index contributed by atoms with van der Waals surface area (Å²) >= 11 is 0. The Kier molecular flexibility index (Phi) is 8.04. The predicted molar refractivity (Wildman–Crippen MR) is 73.9 cm³/mol. The van der Waals surface area contributed by atoms with Gasteiger partial charge in [0, 0.05) is 12.1 Å². The highest BCUT2D eigenvalue weighted by atomic mass is 15.1. The van der Waals surface area contributed by atoms with Gasteiger partial charge in [-0.2, -0.15) is 0 Å². The van der Waals surface area contributed by atoms with Crippen LogP contribution >= 0.6 is 0 Å². The minimum Gasteiger partial charge on any atom is -0.312 e. The molecule has 0 aromatic carbocycles. The summed E-state index contributed by atoms with van der Waals surface area (Å²) in [6.45, 7) is 14.9. The van der Waals surface area contributed by atoms with E-state index in [1.165, 1.54) is 32.4 Å². The van der Waals surface area contributed by atoms with E-state index in [0.29, 0.717) is 0 Å². The first-order chi connectivity index (χ1) is 7.35. The van der Waals surface area contributed by atoms with Crippen LogP contribution in [0, 0.1) is 5.92 Å². The first-order valence-corrected chi connectivity index (χ1v) is 6.78. The van der Waals surface area contributed by atoms with Crippen molar-refractivity contribution in [2.75, 3.05) is 26.7 Å². The van der Waals surface area contributed by atoms with Crippen molar-refractivity contribution < 1.29 is 0 Å². The summed E-state index contributed by atoms with van der Waals surface area (Å²) in [7, 11) is 2.24. The standard InChI is InChI=1S/C14H32N2/c1-7-13(2)12-16(6)11-9-8-10-15-14(3,4)5/h13,15H,7-12H2,1-6H3. The first-order valence-electron chi connectivity index (χ1n) is 6.78. The summed E-state index contributed by atoms with van der Waals surface area (Å²) in [5.74, 6) is 0.831. The van der Waals surface area contributed by atoms with Gasteiger partial charge in [0.15, 0.2) is 0 Å². The van der Waals surface area contributed by atoms with Crippen molar-refractivity contribution in [3.8, 4) is 0 Å². The summed E-state index contributed by atoms with van der Waals surface area (Å²) in [5.41, 5.74) is 0.266. The Morgan fingerprint density at radius 3 is 2.31 bits per heavy atom. The summed E-state index contributed by atoms with van der Waals surface area (Å²) in [4.78, 5) is 2.46. The van der Waals surface area contributed by atoms with E-state index in [1.54, 1.807) is 0 Å². The molecule has 0 aliphatic carbocycles. The minimum atomic E-state index is 0.266. The molecule has 16 heavy (non-hydrogen) atoms. The number of rotatable bonds is 8. The molecule has 0 heterocycles. The number of nitrogens with one attached hydrogen (secondary N) is 1. The molecular formula is C14H32N2. The van der Waals surface area contributed by atoms with Crippen LogP contribution < -0.4 is 5.32 Å². The Bertz CT molecular complexity index is 161. The van der Waals surface area contributed by atoms with E-state index in [4.69, 9.17) is 0 Å². The second-order valence-corrected chi connectivity index (χ2v) is 6.16. The lowest BCUT2D eigenvalue weighted by molar-refractivity contribution is 0.275. The van der Waals surface area contributed by atoms with Gasteiger partial charge in [-0.1, -0.05) is 20.3 Å². The quantitative estimate of drug-likeness (QED) is 0.642. The normalized spacial score (nSPS) is 14.4. The van der Waals surface area contributed by atoms with E-state index in [2.05, 4.69) is 51.9 Å². The molecule has 0 aliphatic heterocycles. The summed E-state index contributed by atoms with van der Waals surface area (Å²) < 4.78 is 0. The number of hydrogen-bond donors (Lipinski definition) is 1. The number of unbranched alkanes of at least 4 members (excludes halogenated alkanes) is 1. The summed E-state index contributed by atoms with van der Waals surface area (Å²) in [6, 6.07) is 0. The molecule has 0 saturated carbocycles. The lowest BCUT2D eigenvalue weighted by atomic mass is 10.1. The van der Waals surface area contributed by atoms with Crippen molar-refractivity contribution in [1.29, 1.82) is 0 Å². The van der Waals surface area contributed by atoms with E-state index >= 15 is 0 Å². The molecule has 98 valence electrons. The van der Waals surface area contributed by atoms with Crippen LogP contribution in [0.3, 0.4) is 0 Å². The Balaban J connectivity index is 3.38. The molecule has 0 aliphatic rings. The maximum Gasteiger partial charge on any atom is 0.00965 e. The van der Waals surface area contributed by atoms with Gasteiger partial charge in [0.05, 0.1) is 0 Å². The molecule has 2 heteroatoms. The van der Waals surface area contributed by atoms with E-state index in [0.717, 1.165) is 12.5 Å². The Morgan fingerprint density at radius 2 is 1.81 bits per heavy atom. The zero-order valence-corrected chi connectivity index (χ0v) is 12.3. The molecule has 0 rings (SSSR count). The molecule has 0 aromatic rings. The highest BCUT2D eigenvalue weighted by Gasteiger charge is 2.07. The molecule has 1 atom stereocenters. The van der Waals surface area contributed by atoms with E-state index in [-0.39, 0.29) is 5.54 Å². The van der Waals surface area contributed by atoms with Gasteiger partial charge in [-0.25, -0.2) is 0 Å². The van der Waals surface area contributed by atoms with Gasteiger partial charge in [0.2, 0.25) is 0 Å². The summed E-state index contributed by atoms with van der Waals surface area (Å²) in [5, 5.41) is 3.53. The van der Waals surface area contributed by atoms with E-state index in [1.807, 2.05) is 0 Å². The Morgan fingerprint density at radius 1 is 1.19 bits per heavy atom. The monoisotopic (exact) mass is 228 g/mol. The van der Waals surface area contributed by atoms with Crippen LogP contribution in [0.4, 0.5) is 0 Å². The highest BCUT2D eigenvalue weighted by Crippen LogP contribution is 2.04. The SMILES string of the molecule is CCC(C)CN(C)CCCCNC(C)(C)C. The van der Waals surface area contributed by atoms with Crippen molar-refractivity contribution in [3.05, 3.63) is 0 Å². The molecule has 2 nitrogen and oxygen atoms in total. The van der Waals surface area contributed by atoms with Crippen LogP contribution in [0.25, 0.3) is 0 Å². The van der Waals surface area contributed by atoms with Crippen LogP contribution in [-0.2, 0) is 0 Å². The molecule has 1 N–H and O–H groups in total. The molecule has 0 fully saturated rings. The lowest BCUT2D eigenvalue weighted by Crippen LogP contribution is -2.36. The van der Waals surface area contributed by atoms with Gasteiger partial charge < -0.3 is 10.2 Å². The molecule has 1 unspecified atom stereocenters. The van der Waals surface area contributed by atoms with E-state index < -0.39 is 0 Å². The van der Waals surface area contributed by atoms with Crippen molar-refractivity contribution in [1.82, 2.24) is 10.2 Å². The first kappa shape index (κ1) is 15.9. The molecule has 0 radical (unpaired) electrons. The van der Waals surface area contributed by atoms with Crippen molar-refractivity contribution >= 4 is 0 Å². The largest absolute Gasteiger partial charge is 0.312 e. The maximum atomic E-state index is 3.53. The van der Waals surface area contributed by atoms with E-state index in [9.17, 15) is 0 Å². The van der Waals surface area contributed by atoms with Gasteiger partial charge >= 0.3 is 0 Å². The van der Waals surface area contributed by atoms with Crippen LogP contribution in [0.15, 0.2) is 0 Å². The second-order valence-electron chi connectivity index (χ2n) is 6.16. The van der Waals surface area contributed by atoms with Gasteiger partial charge in [-0.3, -0.25) is 0 Å². The van der Waals surface area contributed by atoms with Gasteiger partial charge in [0.1, 0.15) is 0 Å². The zero-order chi connectivity index (χ0) is 12.6. The zero-order valence-electron chi connectivity index (χ0n) is 12.3. The van der Waals surface area contributed by atoms with Gasteiger partial charge in [-0.15, -0.1) is 0 Å². The molecule has 0 saturated heterocycles. The lowest BCUT2D eigenvalue weighted by Gasteiger charge is -2.22. The molecular weight excluding hydrogens is 196 g/mol. The predicted octanol–water partition coefficient (Wildman–Crippen LogP) is 3.13. The topological polar surface area (TPSA) is 15.3 Å². The maximum absolute atomic E-state index is 3.53. The van der Waals surface area contributed by atoms with Crippen molar-refractivity contribution in [3.63, 3.8) is 0 Å². The van der Waals surface area contributed by atoms with Crippen LogP contribution in [0.5, 0.6) is 0 Å². The van der Waals surface area contributed by atoms with Gasteiger partial charge in [0.25, 0.3) is 0 Å².